The van der Waals surface area contributed by atoms with E-state index in [0.717, 1.165) is 5.69 Å². The van der Waals surface area contributed by atoms with Crippen LogP contribution in [0.2, 0.25) is 0 Å². The molecule has 0 unspecified atom stereocenters. The molecule has 0 fully saturated rings. The number of nitrogens with zero attached hydrogens (tertiary/aromatic N) is 3. The molecule has 0 saturated heterocycles. The number of nitrogens with one attached hydrogen (secondary N) is 1. The number of para-hydroxylation sites is 1. The lowest BCUT2D eigenvalue weighted by molar-refractivity contribution is -0.136. The van der Waals surface area contributed by atoms with E-state index in [1.54, 1.807) is 13.8 Å². The van der Waals surface area contributed by atoms with Gasteiger partial charge in [0.1, 0.15) is 5.57 Å². The van der Waals surface area contributed by atoms with Gasteiger partial charge in [-0.1, -0.05) is 29.5 Å². The Morgan fingerprint density at radius 2 is 2.07 bits per heavy atom. The van der Waals surface area contributed by atoms with Gasteiger partial charge < -0.3 is 10.1 Å². The predicted octanol–water partition coefficient (Wildman–Crippen LogP) is 3.17. The average Bonchev–Trinajstić information content (AvgIpc) is 3.06. The molecule has 0 saturated carbocycles. The molecule has 0 radical (unpaired) electrons. The van der Waals surface area contributed by atoms with Crippen LogP contribution in [0, 0.1) is 6.92 Å². The fraction of sp³-hybridized carbons (Fsp3) is 0.222. The zero-order valence-electron chi connectivity index (χ0n) is 15.1. The maximum absolute atomic E-state index is 12.7. The van der Waals surface area contributed by atoms with E-state index in [4.69, 9.17) is 4.74 Å². The van der Waals surface area contributed by atoms with Crippen molar-refractivity contribution in [2.24, 2.45) is 0 Å². The summed E-state index contributed by atoms with van der Waals surface area (Å²) < 4.78 is 6.44. The summed E-state index contributed by atoms with van der Waals surface area (Å²) in [4.78, 5) is 29.6. The van der Waals surface area contributed by atoms with Crippen molar-refractivity contribution in [2.75, 3.05) is 18.2 Å². The van der Waals surface area contributed by atoms with Crippen LogP contribution in [-0.4, -0.2) is 33.4 Å². The molecule has 3 rings (SSSR count). The van der Waals surface area contributed by atoms with E-state index < -0.39 is 5.97 Å². The first kappa shape index (κ1) is 19.1. The molecule has 1 N–H and O–H groups in total. The first-order chi connectivity index (χ1) is 13.0. The van der Waals surface area contributed by atoms with E-state index >= 15 is 0 Å². The number of rotatable bonds is 6. The molecule has 2 aromatic heterocycles. The van der Waals surface area contributed by atoms with Crippen LogP contribution in [0.3, 0.4) is 0 Å². The standard InChI is InChI=1S/C18H18N4O3S2/c1-4-25-17(24)14(15(26-3)20-12-8-6-5-7-9-12)16-21-22-13(23)10-11(2)19-18(22)27-16/h5-10,20H,4H2,1-3H3. The second-order valence-corrected chi connectivity index (χ2v) is 7.23. The fourth-order valence-corrected chi connectivity index (χ4v) is 4.03. The lowest BCUT2D eigenvalue weighted by Crippen LogP contribution is -2.16. The molecule has 3 aromatic rings. The first-order valence-corrected chi connectivity index (χ1v) is 10.2. The van der Waals surface area contributed by atoms with E-state index in [0.29, 0.717) is 20.7 Å². The summed E-state index contributed by atoms with van der Waals surface area (Å²) in [6.45, 7) is 3.72. The minimum absolute atomic E-state index is 0.234. The topological polar surface area (TPSA) is 85.6 Å². The van der Waals surface area contributed by atoms with Gasteiger partial charge in [0.05, 0.1) is 11.6 Å². The Bertz CT molecular complexity index is 1060. The van der Waals surface area contributed by atoms with Gasteiger partial charge in [0, 0.05) is 17.4 Å². The van der Waals surface area contributed by atoms with Gasteiger partial charge in [-0.25, -0.2) is 9.78 Å². The Kier molecular flexibility index (Phi) is 5.92. The highest BCUT2D eigenvalue weighted by atomic mass is 32.2. The molecule has 0 atom stereocenters. The molecule has 0 amide bonds. The molecule has 1 aromatic carbocycles. The number of carbonyl (C=O) groups is 1. The van der Waals surface area contributed by atoms with Crippen LogP contribution in [0.4, 0.5) is 5.69 Å². The number of ether oxygens (including phenoxy) is 1. The number of aromatic nitrogens is 3. The molecule has 7 nitrogen and oxygen atoms in total. The summed E-state index contributed by atoms with van der Waals surface area (Å²) >= 11 is 2.54. The number of hydrogen-bond donors (Lipinski definition) is 1. The van der Waals surface area contributed by atoms with E-state index in [9.17, 15) is 9.59 Å². The van der Waals surface area contributed by atoms with Crippen molar-refractivity contribution in [1.82, 2.24) is 14.6 Å². The Hall–Kier alpha value is -2.65. The summed E-state index contributed by atoms with van der Waals surface area (Å²) in [5.74, 6) is -0.505. The van der Waals surface area contributed by atoms with Crippen molar-refractivity contribution < 1.29 is 9.53 Å². The number of benzene rings is 1. The number of anilines is 1. The van der Waals surface area contributed by atoms with Crippen molar-refractivity contribution in [3.63, 3.8) is 0 Å². The fourth-order valence-electron chi connectivity index (χ4n) is 2.37. The molecule has 0 aliphatic rings. The van der Waals surface area contributed by atoms with Crippen LogP contribution in [0.1, 0.15) is 17.6 Å². The van der Waals surface area contributed by atoms with Crippen LogP contribution < -0.4 is 10.9 Å². The van der Waals surface area contributed by atoms with Crippen molar-refractivity contribution in [2.45, 2.75) is 13.8 Å². The maximum atomic E-state index is 12.7. The summed E-state index contributed by atoms with van der Waals surface area (Å²) in [7, 11) is 0. The van der Waals surface area contributed by atoms with Gasteiger partial charge in [-0.05, 0) is 32.2 Å². The van der Waals surface area contributed by atoms with Crippen LogP contribution in [0.5, 0.6) is 0 Å². The predicted molar refractivity (Wildman–Crippen MR) is 109 cm³/mol. The minimum atomic E-state index is -0.505. The third-order valence-corrected chi connectivity index (χ3v) is 5.17. The van der Waals surface area contributed by atoms with Crippen LogP contribution in [-0.2, 0) is 9.53 Å². The highest BCUT2D eigenvalue weighted by Crippen LogP contribution is 2.30. The van der Waals surface area contributed by atoms with E-state index in [-0.39, 0.29) is 17.7 Å². The number of thioether (sulfide) groups is 1. The van der Waals surface area contributed by atoms with Gasteiger partial charge in [0.25, 0.3) is 5.56 Å². The minimum Gasteiger partial charge on any atom is -0.462 e. The molecule has 0 aliphatic carbocycles. The van der Waals surface area contributed by atoms with Gasteiger partial charge in [-0.2, -0.15) is 9.61 Å². The van der Waals surface area contributed by atoms with Gasteiger partial charge in [-0.3, -0.25) is 4.79 Å². The second-order valence-electron chi connectivity index (χ2n) is 5.46. The smallest absolute Gasteiger partial charge is 0.343 e. The van der Waals surface area contributed by atoms with Gasteiger partial charge in [0.2, 0.25) is 4.96 Å². The van der Waals surface area contributed by atoms with Crippen molar-refractivity contribution in [3.8, 4) is 0 Å². The molecule has 0 spiro atoms. The van der Waals surface area contributed by atoms with Gasteiger partial charge >= 0.3 is 5.97 Å². The maximum Gasteiger partial charge on any atom is 0.343 e. The number of esters is 1. The third-order valence-electron chi connectivity index (χ3n) is 3.53. The largest absolute Gasteiger partial charge is 0.462 e. The Morgan fingerprint density at radius 1 is 1.33 bits per heavy atom. The van der Waals surface area contributed by atoms with Crippen molar-refractivity contribution in [3.05, 3.63) is 62.5 Å². The molecular weight excluding hydrogens is 384 g/mol. The van der Waals surface area contributed by atoms with E-state index in [1.165, 1.54) is 33.7 Å². The number of aryl methyl sites for hydroxylation is 1. The molecule has 0 bridgehead atoms. The molecule has 9 heteroatoms. The first-order valence-electron chi connectivity index (χ1n) is 8.18. The van der Waals surface area contributed by atoms with E-state index in [2.05, 4.69) is 15.4 Å². The number of hydrogen-bond acceptors (Lipinski definition) is 8. The van der Waals surface area contributed by atoms with Crippen molar-refractivity contribution in [1.29, 1.82) is 0 Å². The van der Waals surface area contributed by atoms with Gasteiger partial charge in [-0.15, -0.1) is 11.8 Å². The molecule has 140 valence electrons. The normalized spacial score (nSPS) is 12.0. The van der Waals surface area contributed by atoms with Crippen LogP contribution in [0.15, 0.2) is 46.2 Å². The highest BCUT2D eigenvalue weighted by Gasteiger charge is 2.24. The number of carbonyl (C=O) groups excluding carboxylic acids is 1. The Morgan fingerprint density at radius 3 is 2.74 bits per heavy atom. The summed E-state index contributed by atoms with van der Waals surface area (Å²) in [5.41, 5.74) is 1.42. The molecular formula is C18H18N4O3S2. The molecule has 2 heterocycles. The monoisotopic (exact) mass is 402 g/mol. The number of fused-ring (bicyclic) bond motifs is 1. The van der Waals surface area contributed by atoms with E-state index in [1.807, 2.05) is 36.6 Å². The summed E-state index contributed by atoms with van der Waals surface area (Å²) in [6.07, 6.45) is 1.85. The molecule has 27 heavy (non-hydrogen) atoms. The van der Waals surface area contributed by atoms with Crippen LogP contribution in [0.25, 0.3) is 10.5 Å². The summed E-state index contributed by atoms with van der Waals surface area (Å²) in [6, 6.07) is 10.9. The average molecular weight is 403 g/mol. The summed E-state index contributed by atoms with van der Waals surface area (Å²) in [5, 5.41) is 8.51. The highest BCUT2D eigenvalue weighted by molar-refractivity contribution is 8.02. The van der Waals surface area contributed by atoms with Crippen molar-refractivity contribution >= 4 is 45.3 Å². The lowest BCUT2D eigenvalue weighted by Gasteiger charge is -2.13. The quantitative estimate of drug-likeness (QED) is 0.501. The SMILES string of the molecule is CCOC(=O)C(=C(Nc1ccccc1)SC)c1nn2c(=O)cc(C)nc2s1. The Balaban J connectivity index is 2.16. The Labute approximate surface area is 164 Å². The lowest BCUT2D eigenvalue weighted by atomic mass is 10.3. The zero-order valence-corrected chi connectivity index (χ0v) is 16.7. The van der Waals surface area contributed by atoms with Crippen LogP contribution >= 0.6 is 23.1 Å². The second kappa shape index (κ2) is 8.36. The van der Waals surface area contributed by atoms with Gasteiger partial charge in [0.15, 0.2) is 5.01 Å². The zero-order chi connectivity index (χ0) is 19.4. The molecule has 0 aliphatic heterocycles. The third kappa shape index (κ3) is 4.20.